The summed E-state index contributed by atoms with van der Waals surface area (Å²) in [5.41, 5.74) is 3.32. The van der Waals surface area contributed by atoms with Gasteiger partial charge in [0.05, 0.1) is 29.8 Å². The van der Waals surface area contributed by atoms with Crippen molar-refractivity contribution in [2.45, 2.75) is 45.6 Å². The minimum absolute atomic E-state index is 0.108. The molecule has 146 valence electrons. The number of thiophene rings is 1. The number of hydrogen-bond acceptors (Lipinski definition) is 6. The fourth-order valence-electron chi connectivity index (χ4n) is 3.27. The summed E-state index contributed by atoms with van der Waals surface area (Å²) in [6, 6.07) is 3.72. The molecule has 1 aliphatic rings. The van der Waals surface area contributed by atoms with Crippen LogP contribution in [0.4, 0.5) is 0 Å². The second-order valence-electron chi connectivity index (χ2n) is 7.26. The van der Waals surface area contributed by atoms with Gasteiger partial charge in [0, 0.05) is 33.5 Å². The Morgan fingerprint density at radius 2 is 2.21 bits per heavy atom. The van der Waals surface area contributed by atoms with Gasteiger partial charge in [-0.05, 0) is 45.7 Å². The summed E-state index contributed by atoms with van der Waals surface area (Å²) >= 11 is 1.74. The van der Waals surface area contributed by atoms with Crippen molar-refractivity contribution in [3.63, 3.8) is 0 Å². The number of hydrogen-bond donors (Lipinski definition) is 2. The molecule has 0 spiro atoms. The van der Waals surface area contributed by atoms with Crippen molar-refractivity contribution in [2.24, 2.45) is 0 Å². The zero-order valence-electron chi connectivity index (χ0n) is 16.1. The van der Waals surface area contributed by atoms with Crippen LogP contribution < -0.4 is 5.32 Å². The molecule has 1 amide bonds. The van der Waals surface area contributed by atoms with Crippen LogP contribution in [0.3, 0.4) is 0 Å². The quantitative estimate of drug-likeness (QED) is 0.667. The first-order chi connectivity index (χ1) is 13.5. The molecule has 1 atom stereocenters. The van der Waals surface area contributed by atoms with Gasteiger partial charge < -0.3 is 10.4 Å². The lowest BCUT2D eigenvalue weighted by molar-refractivity contribution is 0.0921. The number of aryl methyl sites for hydroxylation is 2. The third kappa shape index (κ3) is 3.57. The van der Waals surface area contributed by atoms with E-state index in [9.17, 15) is 9.90 Å². The first-order valence-electron chi connectivity index (χ1n) is 9.38. The summed E-state index contributed by atoms with van der Waals surface area (Å²) in [5, 5.41) is 16.4. The molecule has 3 aromatic heterocycles. The van der Waals surface area contributed by atoms with Gasteiger partial charge in [0.25, 0.3) is 11.9 Å². The normalized spacial score (nSPS) is 14.9. The van der Waals surface area contributed by atoms with Crippen LogP contribution in [-0.4, -0.2) is 43.4 Å². The molecule has 7 nitrogen and oxygen atoms in total. The fraction of sp³-hybridized carbons (Fsp3) is 0.400. The highest BCUT2D eigenvalue weighted by atomic mass is 32.1. The Hall–Kier alpha value is -2.58. The molecule has 1 fully saturated rings. The first-order valence-corrected chi connectivity index (χ1v) is 10.2. The summed E-state index contributed by atoms with van der Waals surface area (Å²) in [6.45, 7) is 5.82. The molecule has 28 heavy (non-hydrogen) atoms. The third-order valence-electron chi connectivity index (χ3n) is 4.82. The average molecular weight is 398 g/mol. The minimum atomic E-state index is -0.313. The summed E-state index contributed by atoms with van der Waals surface area (Å²) < 4.78 is 1.69. The van der Waals surface area contributed by atoms with Crippen molar-refractivity contribution in [1.82, 2.24) is 25.1 Å². The van der Waals surface area contributed by atoms with Gasteiger partial charge in [0.2, 0.25) is 0 Å². The Morgan fingerprint density at radius 1 is 1.43 bits per heavy atom. The van der Waals surface area contributed by atoms with E-state index in [4.69, 9.17) is 4.98 Å². The number of nitrogens with one attached hydrogen (secondary N) is 1. The molecular formula is C20H23N5O2S. The predicted molar refractivity (Wildman–Crippen MR) is 108 cm³/mol. The smallest absolute Gasteiger partial charge is 0.255 e. The van der Waals surface area contributed by atoms with Crippen molar-refractivity contribution < 1.29 is 9.90 Å². The molecule has 0 saturated heterocycles. The lowest BCUT2D eigenvalue weighted by Gasteiger charge is -2.12. The monoisotopic (exact) mass is 397 g/mol. The topological polar surface area (TPSA) is 92.9 Å². The van der Waals surface area contributed by atoms with Gasteiger partial charge >= 0.3 is 0 Å². The van der Waals surface area contributed by atoms with Crippen LogP contribution in [0.5, 0.6) is 0 Å². The van der Waals surface area contributed by atoms with Crippen LogP contribution >= 0.6 is 11.3 Å². The van der Waals surface area contributed by atoms with Gasteiger partial charge in [0.15, 0.2) is 0 Å². The van der Waals surface area contributed by atoms with Gasteiger partial charge in [-0.25, -0.2) is 14.6 Å². The van der Waals surface area contributed by atoms with Crippen molar-refractivity contribution in [3.8, 4) is 17.2 Å². The van der Waals surface area contributed by atoms with Gasteiger partial charge in [-0.2, -0.15) is 5.10 Å². The highest BCUT2D eigenvalue weighted by Crippen LogP contribution is 2.42. The molecule has 0 aliphatic heterocycles. The number of aliphatic hydroxyl groups is 1. The Labute approximate surface area is 167 Å². The number of aromatic nitrogens is 4. The van der Waals surface area contributed by atoms with Gasteiger partial charge in [-0.3, -0.25) is 4.79 Å². The zero-order chi connectivity index (χ0) is 19.8. The Kier molecular flexibility index (Phi) is 4.99. The minimum Gasteiger partial charge on any atom is -0.394 e. The summed E-state index contributed by atoms with van der Waals surface area (Å²) in [4.78, 5) is 24.2. The molecule has 1 saturated carbocycles. The van der Waals surface area contributed by atoms with Gasteiger partial charge in [-0.1, -0.05) is 0 Å². The van der Waals surface area contributed by atoms with Crippen molar-refractivity contribution in [3.05, 3.63) is 45.5 Å². The maximum Gasteiger partial charge on any atom is 0.255 e. The maximum atomic E-state index is 12.6. The molecule has 3 aromatic rings. The number of nitrogens with zero attached hydrogens (tertiary/aromatic N) is 4. The van der Waals surface area contributed by atoms with E-state index >= 15 is 0 Å². The van der Waals surface area contributed by atoms with Crippen molar-refractivity contribution in [1.29, 1.82) is 0 Å². The second kappa shape index (κ2) is 7.44. The van der Waals surface area contributed by atoms with Crippen LogP contribution in [0.25, 0.3) is 17.2 Å². The maximum absolute atomic E-state index is 12.6. The highest BCUT2D eigenvalue weighted by Gasteiger charge is 2.33. The van der Waals surface area contributed by atoms with E-state index in [1.54, 1.807) is 35.3 Å². The van der Waals surface area contributed by atoms with E-state index in [-0.39, 0.29) is 24.5 Å². The Bertz CT molecular complexity index is 1020. The summed E-state index contributed by atoms with van der Waals surface area (Å²) in [7, 11) is 0. The molecule has 0 bridgehead atoms. The standard InChI is InChI=1S/C20H23N5O2S/c1-11(10-26)23-19(27)16-9-22-25(18(16)14-4-5-14)20-21-7-6-17(24-20)15-8-12(2)28-13(15)3/h6-9,11,14,26H,4-5,10H2,1-3H3,(H,23,27)/t11-/m0/s1. The van der Waals surface area contributed by atoms with E-state index in [1.165, 1.54) is 9.75 Å². The molecular weight excluding hydrogens is 374 g/mol. The SMILES string of the molecule is Cc1cc(-c2ccnc(-n3ncc(C(=O)N[C@@H](C)CO)c3C3CC3)n2)c(C)s1. The van der Waals surface area contributed by atoms with Crippen molar-refractivity contribution >= 4 is 17.2 Å². The van der Waals surface area contributed by atoms with Gasteiger partial charge in [0.1, 0.15) is 0 Å². The van der Waals surface area contributed by atoms with Crippen molar-refractivity contribution in [2.75, 3.05) is 6.61 Å². The van der Waals surface area contributed by atoms with E-state index in [2.05, 4.69) is 35.3 Å². The van der Waals surface area contributed by atoms with Crippen LogP contribution in [0.2, 0.25) is 0 Å². The number of carbonyl (C=O) groups is 1. The molecule has 0 radical (unpaired) electrons. The van der Waals surface area contributed by atoms with Crippen LogP contribution in [0.15, 0.2) is 24.5 Å². The average Bonchev–Trinajstić information content (AvgIpc) is 3.33. The molecule has 1 aliphatic carbocycles. The second-order valence-corrected chi connectivity index (χ2v) is 8.72. The van der Waals surface area contributed by atoms with E-state index in [1.807, 2.05) is 6.07 Å². The van der Waals surface area contributed by atoms with Crippen LogP contribution in [0, 0.1) is 13.8 Å². The first kappa shape index (κ1) is 18.8. The van der Waals surface area contributed by atoms with Crippen LogP contribution in [0.1, 0.15) is 51.5 Å². The number of rotatable bonds is 6. The molecule has 0 aromatic carbocycles. The Balaban J connectivity index is 1.73. The lowest BCUT2D eigenvalue weighted by Crippen LogP contribution is -2.35. The lowest BCUT2D eigenvalue weighted by atomic mass is 10.1. The number of carbonyl (C=O) groups excluding carboxylic acids is 1. The number of aliphatic hydroxyl groups excluding tert-OH is 1. The predicted octanol–water partition coefficient (Wildman–Crippen LogP) is 3.00. The van der Waals surface area contributed by atoms with Gasteiger partial charge in [-0.15, -0.1) is 11.3 Å². The molecule has 4 rings (SSSR count). The largest absolute Gasteiger partial charge is 0.394 e. The van der Waals surface area contributed by atoms with E-state index in [0.29, 0.717) is 11.5 Å². The third-order valence-corrected chi connectivity index (χ3v) is 5.78. The molecule has 0 unspecified atom stereocenters. The fourth-order valence-corrected chi connectivity index (χ4v) is 4.21. The Morgan fingerprint density at radius 3 is 2.86 bits per heavy atom. The van der Waals surface area contributed by atoms with E-state index in [0.717, 1.165) is 29.8 Å². The summed E-state index contributed by atoms with van der Waals surface area (Å²) in [6.07, 6.45) is 5.34. The number of amides is 1. The summed E-state index contributed by atoms with van der Waals surface area (Å²) in [5.74, 6) is 0.525. The molecule has 3 heterocycles. The highest BCUT2D eigenvalue weighted by molar-refractivity contribution is 7.12. The van der Waals surface area contributed by atoms with Crippen LogP contribution in [-0.2, 0) is 0 Å². The molecule has 8 heteroatoms. The van der Waals surface area contributed by atoms with E-state index < -0.39 is 0 Å². The molecule has 2 N–H and O–H groups in total. The zero-order valence-corrected chi connectivity index (χ0v) is 17.0.